The van der Waals surface area contributed by atoms with E-state index in [0.29, 0.717) is 12.5 Å². The molecule has 1 N–H and O–H groups in total. The van der Waals surface area contributed by atoms with Crippen LogP contribution in [0.1, 0.15) is 17.8 Å². The normalized spacial score (nSPS) is 21.8. The molecule has 6 heteroatoms. The van der Waals surface area contributed by atoms with Crippen molar-refractivity contribution in [2.45, 2.75) is 25.8 Å². The molecule has 1 aliphatic rings. The molecule has 0 spiro atoms. The summed E-state index contributed by atoms with van der Waals surface area (Å²) in [6, 6.07) is -0.318. The third-order valence-corrected chi connectivity index (χ3v) is 3.46. The fourth-order valence-corrected chi connectivity index (χ4v) is 2.45. The van der Waals surface area contributed by atoms with E-state index < -0.39 is 0 Å². The molecular weight excluding hydrogens is 236 g/mol. The zero-order valence-electron chi connectivity index (χ0n) is 10.1. The summed E-state index contributed by atoms with van der Waals surface area (Å²) in [6.45, 7) is 6.51. The maximum absolute atomic E-state index is 12.3. The first-order valence-corrected chi connectivity index (χ1v) is 6.37. The van der Waals surface area contributed by atoms with Crippen LogP contribution < -0.4 is 10.2 Å². The van der Waals surface area contributed by atoms with Crippen molar-refractivity contribution in [1.29, 1.82) is 0 Å². The van der Waals surface area contributed by atoms with Crippen LogP contribution in [0.4, 0.5) is 5.95 Å². The van der Waals surface area contributed by atoms with E-state index >= 15 is 0 Å². The van der Waals surface area contributed by atoms with Gasteiger partial charge in [-0.15, -0.1) is 0 Å². The van der Waals surface area contributed by atoms with Gasteiger partial charge in [-0.3, -0.25) is 9.69 Å². The number of aromatic nitrogens is 2. The summed E-state index contributed by atoms with van der Waals surface area (Å²) in [7, 11) is 1.77. The van der Waals surface area contributed by atoms with Gasteiger partial charge in [0.05, 0.1) is 0 Å². The summed E-state index contributed by atoms with van der Waals surface area (Å²) >= 11 is 1.32. The molecule has 2 rings (SSSR count). The van der Waals surface area contributed by atoms with Crippen LogP contribution in [0.25, 0.3) is 0 Å². The fourth-order valence-electron chi connectivity index (χ4n) is 1.97. The van der Waals surface area contributed by atoms with Gasteiger partial charge in [0, 0.05) is 6.54 Å². The molecule has 5 nitrogen and oxygen atoms in total. The van der Waals surface area contributed by atoms with Crippen molar-refractivity contribution in [3.8, 4) is 0 Å². The van der Waals surface area contributed by atoms with Gasteiger partial charge in [-0.25, -0.2) is 4.98 Å². The Bertz CT molecular complexity index is 442. The SMILES string of the molecule is C=C1CCCN(c2nsc(C)n2)C(=O)C1NC. The highest BCUT2D eigenvalue weighted by Gasteiger charge is 2.30. The number of carbonyl (C=O) groups excluding carboxylic acids is 1. The maximum atomic E-state index is 12.3. The van der Waals surface area contributed by atoms with Crippen molar-refractivity contribution in [3.05, 3.63) is 17.2 Å². The molecule has 1 aromatic heterocycles. The number of rotatable bonds is 2. The van der Waals surface area contributed by atoms with Crippen molar-refractivity contribution < 1.29 is 4.79 Å². The van der Waals surface area contributed by atoms with E-state index in [1.165, 1.54) is 11.5 Å². The quantitative estimate of drug-likeness (QED) is 0.801. The summed E-state index contributed by atoms with van der Waals surface area (Å²) in [5.74, 6) is 0.514. The predicted molar refractivity (Wildman–Crippen MR) is 68.2 cm³/mol. The lowest BCUT2D eigenvalue weighted by Gasteiger charge is -2.21. The number of nitrogens with zero attached hydrogens (tertiary/aromatic N) is 3. The van der Waals surface area contributed by atoms with Crippen LogP contribution in [0, 0.1) is 6.92 Å². The summed E-state index contributed by atoms with van der Waals surface area (Å²) in [5, 5.41) is 3.88. The zero-order valence-corrected chi connectivity index (χ0v) is 10.9. The second-order valence-corrected chi connectivity index (χ2v) is 5.04. The number of likely N-dealkylation sites (N-methyl/N-ethyl adjacent to an activating group) is 1. The minimum absolute atomic E-state index is 0.00667. The van der Waals surface area contributed by atoms with E-state index in [1.807, 2.05) is 6.92 Å². The fraction of sp³-hybridized carbons (Fsp3) is 0.545. The number of aryl methyl sites for hydroxylation is 1. The summed E-state index contributed by atoms with van der Waals surface area (Å²) in [5.41, 5.74) is 0.937. The van der Waals surface area contributed by atoms with Crippen molar-refractivity contribution in [2.24, 2.45) is 0 Å². The van der Waals surface area contributed by atoms with Crippen LogP contribution >= 0.6 is 11.5 Å². The maximum Gasteiger partial charge on any atom is 0.250 e. The van der Waals surface area contributed by atoms with Gasteiger partial charge in [0.15, 0.2) is 0 Å². The highest BCUT2D eigenvalue weighted by molar-refractivity contribution is 7.05. The van der Waals surface area contributed by atoms with E-state index in [0.717, 1.165) is 23.4 Å². The van der Waals surface area contributed by atoms with E-state index in [1.54, 1.807) is 11.9 Å². The molecule has 1 fully saturated rings. The first-order chi connectivity index (χ1) is 8.13. The lowest BCUT2D eigenvalue weighted by atomic mass is 10.1. The average Bonchev–Trinajstić information content (AvgIpc) is 2.65. The number of carbonyl (C=O) groups is 1. The largest absolute Gasteiger partial charge is 0.306 e. The molecule has 0 saturated carbocycles. The van der Waals surface area contributed by atoms with Crippen LogP contribution in [-0.4, -0.2) is 34.9 Å². The molecule has 1 aliphatic heterocycles. The average molecular weight is 252 g/mol. The van der Waals surface area contributed by atoms with Crippen molar-refractivity contribution in [2.75, 3.05) is 18.5 Å². The number of amides is 1. The molecule has 2 heterocycles. The lowest BCUT2D eigenvalue weighted by Crippen LogP contribution is -2.45. The van der Waals surface area contributed by atoms with Gasteiger partial charge < -0.3 is 5.32 Å². The van der Waals surface area contributed by atoms with Gasteiger partial charge >= 0.3 is 0 Å². The van der Waals surface area contributed by atoms with Crippen LogP contribution in [0.5, 0.6) is 0 Å². The molecule has 0 bridgehead atoms. The third-order valence-electron chi connectivity index (χ3n) is 2.85. The Morgan fingerprint density at radius 2 is 2.35 bits per heavy atom. The van der Waals surface area contributed by atoms with Gasteiger partial charge in [-0.1, -0.05) is 12.2 Å². The molecule has 0 radical (unpaired) electrons. The minimum Gasteiger partial charge on any atom is -0.306 e. The molecule has 17 heavy (non-hydrogen) atoms. The number of nitrogens with one attached hydrogen (secondary N) is 1. The highest BCUT2D eigenvalue weighted by atomic mass is 32.1. The molecule has 1 atom stereocenters. The van der Waals surface area contributed by atoms with Crippen molar-refractivity contribution in [3.63, 3.8) is 0 Å². The standard InChI is InChI=1S/C11H16N4OS/c1-7-5-4-6-15(10(16)9(7)12-3)11-13-8(2)17-14-11/h9,12H,1,4-6H2,2-3H3. The van der Waals surface area contributed by atoms with Gasteiger partial charge in [-0.05, 0) is 38.3 Å². The molecule has 0 aromatic carbocycles. The Labute approximate surface area is 105 Å². The second kappa shape index (κ2) is 4.93. The highest BCUT2D eigenvalue weighted by Crippen LogP contribution is 2.21. The Balaban J connectivity index is 2.28. The smallest absolute Gasteiger partial charge is 0.250 e. The monoisotopic (exact) mass is 252 g/mol. The van der Waals surface area contributed by atoms with Gasteiger partial charge in [-0.2, -0.15) is 4.37 Å². The Hall–Kier alpha value is -1.27. The Morgan fingerprint density at radius 1 is 1.59 bits per heavy atom. The van der Waals surface area contributed by atoms with E-state index in [9.17, 15) is 4.79 Å². The Kier molecular flexibility index (Phi) is 3.54. The predicted octanol–water partition coefficient (Wildman–Crippen LogP) is 1.12. The lowest BCUT2D eigenvalue weighted by molar-refractivity contribution is -0.119. The number of hydrogen-bond donors (Lipinski definition) is 1. The van der Waals surface area contributed by atoms with Crippen molar-refractivity contribution in [1.82, 2.24) is 14.7 Å². The van der Waals surface area contributed by atoms with E-state index in [2.05, 4.69) is 21.3 Å². The van der Waals surface area contributed by atoms with Crippen LogP contribution in [0.15, 0.2) is 12.2 Å². The van der Waals surface area contributed by atoms with E-state index in [4.69, 9.17) is 0 Å². The van der Waals surface area contributed by atoms with Gasteiger partial charge in [0.2, 0.25) is 5.95 Å². The van der Waals surface area contributed by atoms with E-state index in [-0.39, 0.29) is 11.9 Å². The van der Waals surface area contributed by atoms with Crippen LogP contribution in [0.2, 0.25) is 0 Å². The number of hydrogen-bond acceptors (Lipinski definition) is 5. The first kappa shape index (κ1) is 12.2. The third kappa shape index (κ3) is 2.37. The Morgan fingerprint density at radius 3 is 2.94 bits per heavy atom. The van der Waals surface area contributed by atoms with Gasteiger partial charge in [0.1, 0.15) is 11.0 Å². The summed E-state index contributed by atoms with van der Waals surface area (Å²) in [4.78, 5) is 18.3. The van der Waals surface area contributed by atoms with Crippen LogP contribution in [0.3, 0.4) is 0 Å². The second-order valence-electron chi connectivity index (χ2n) is 4.09. The summed E-state index contributed by atoms with van der Waals surface area (Å²) < 4.78 is 4.20. The molecule has 92 valence electrons. The summed E-state index contributed by atoms with van der Waals surface area (Å²) in [6.07, 6.45) is 1.76. The number of anilines is 1. The molecular formula is C11H16N4OS. The molecule has 0 aliphatic carbocycles. The minimum atomic E-state index is -0.318. The zero-order chi connectivity index (χ0) is 12.4. The molecule has 1 unspecified atom stereocenters. The topological polar surface area (TPSA) is 58.1 Å². The van der Waals surface area contributed by atoms with Crippen LogP contribution in [-0.2, 0) is 4.79 Å². The molecule has 1 amide bonds. The first-order valence-electron chi connectivity index (χ1n) is 5.60. The van der Waals surface area contributed by atoms with Gasteiger partial charge in [0.25, 0.3) is 5.91 Å². The molecule has 1 aromatic rings. The molecule has 1 saturated heterocycles. The van der Waals surface area contributed by atoms with Crippen molar-refractivity contribution >= 4 is 23.4 Å².